The Hall–Kier alpha value is -0.500. The summed E-state index contributed by atoms with van der Waals surface area (Å²) in [7, 11) is 0. The Morgan fingerprint density at radius 2 is 2.21 bits per heavy atom. The fraction of sp³-hybridized carbons (Fsp3) is 0.833. The first-order valence-corrected chi connectivity index (χ1v) is 5.66. The number of hydrogen-bond acceptors (Lipinski definition) is 2. The van der Waals surface area contributed by atoms with Crippen LogP contribution >= 0.6 is 0 Å². The molecular weight excluding hydrogens is 176 g/mol. The van der Waals surface area contributed by atoms with Gasteiger partial charge in [-0.3, -0.25) is 0 Å². The summed E-state index contributed by atoms with van der Waals surface area (Å²) >= 11 is 0. The van der Waals surface area contributed by atoms with Gasteiger partial charge in [0.05, 0.1) is 18.5 Å². The minimum absolute atomic E-state index is 0.381. The smallest absolute Gasteiger partial charge is 0.0918 e. The van der Waals surface area contributed by atoms with E-state index in [4.69, 9.17) is 4.74 Å². The van der Waals surface area contributed by atoms with Crippen LogP contribution in [0.1, 0.15) is 39.5 Å². The lowest BCUT2D eigenvalue weighted by Crippen LogP contribution is -2.43. The molecule has 1 fully saturated rings. The van der Waals surface area contributed by atoms with E-state index in [1.54, 1.807) is 6.26 Å². The topological polar surface area (TPSA) is 29.5 Å². The highest BCUT2D eigenvalue weighted by molar-refractivity contribution is 5.20. The molecule has 2 aliphatic rings. The monoisotopic (exact) mass is 196 g/mol. The molecule has 0 aromatic rings. The molecule has 1 heterocycles. The van der Waals surface area contributed by atoms with Crippen LogP contribution in [0, 0.1) is 11.8 Å². The third kappa shape index (κ3) is 1.56. The summed E-state index contributed by atoms with van der Waals surface area (Å²) in [6.45, 7) is 5.14. The maximum Gasteiger partial charge on any atom is 0.0918 e. The van der Waals surface area contributed by atoms with Crippen molar-refractivity contribution in [2.24, 2.45) is 11.8 Å². The van der Waals surface area contributed by atoms with Gasteiger partial charge in [0.2, 0.25) is 0 Å². The second-order valence-electron chi connectivity index (χ2n) is 4.98. The van der Waals surface area contributed by atoms with Gasteiger partial charge >= 0.3 is 0 Å². The Labute approximate surface area is 86.0 Å². The Bertz CT molecular complexity index is 247. The Balaban J connectivity index is 2.18. The van der Waals surface area contributed by atoms with E-state index in [0.717, 1.165) is 31.4 Å². The highest BCUT2D eigenvalue weighted by Crippen LogP contribution is 2.43. The molecule has 0 radical (unpaired) electrons. The molecule has 0 aromatic carbocycles. The molecule has 0 amide bonds. The predicted molar refractivity (Wildman–Crippen MR) is 55.8 cm³/mol. The Kier molecular flexibility index (Phi) is 2.56. The van der Waals surface area contributed by atoms with Crippen LogP contribution < -0.4 is 0 Å². The average Bonchev–Trinajstić information content (AvgIpc) is 2.65. The van der Waals surface area contributed by atoms with E-state index in [9.17, 15) is 5.11 Å². The summed E-state index contributed by atoms with van der Waals surface area (Å²) in [5.74, 6) is 1.02. The SMILES string of the molecule is CC1CCC(C)C(O)(C2=COCC2)C1. The molecule has 0 saturated heterocycles. The van der Waals surface area contributed by atoms with Gasteiger partial charge in [-0.2, -0.15) is 0 Å². The molecule has 1 aliphatic carbocycles. The fourth-order valence-electron chi connectivity index (χ4n) is 2.76. The van der Waals surface area contributed by atoms with Gasteiger partial charge in [-0.05, 0) is 30.3 Å². The van der Waals surface area contributed by atoms with Gasteiger partial charge in [0.25, 0.3) is 0 Å². The van der Waals surface area contributed by atoms with Gasteiger partial charge in [0.15, 0.2) is 0 Å². The minimum Gasteiger partial charge on any atom is -0.501 e. The fourth-order valence-corrected chi connectivity index (χ4v) is 2.76. The summed E-state index contributed by atoms with van der Waals surface area (Å²) < 4.78 is 5.24. The maximum atomic E-state index is 10.7. The normalized spacial score (nSPS) is 43.2. The van der Waals surface area contributed by atoms with Gasteiger partial charge in [-0.15, -0.1) is 0 Å². The summed E-state index contributed by atoms with van der Waals surface area (Å²) in [6, 6.07) is 0. The van der Waals surface area contributed by atoms with E-state index < -0.39 is 5.60 Å². The third-order valence-corrected chi connectivity index (χ3v) is 3.84. The van der Waals surface area contributed by atoms with Crippen molar-refractivity contribution >= 4 is 0 Å². The van der Waals surface area contributed by atoms with E-state index in [2.05, 4.69) is 13.8 Å². The molecule has 1 aliphatic heterocycles. The lowest BCUT2D eigenvalue weighted by molar-refractivity contribution is -0.0261. The second kappa shape index (κ2) is 3.58. The molecule has 3 atom stereocenters. The lowest BCUT2D eigenvalue weighted by atomic mass is 9.68. The Morgan fingerprint density at radius 3 is 2.86 bits per heavy atom. The summed E-state index contributed by atoms with van der Waals surface area (Å²) in [6.07, 6.45) is 5.98. The van der Waals surface area contributed by atoms with Crippen LogP contribution in [0.3, 0.4) is 0 Å². The number of hydrogen-bond donors (Lipinski definition) is 1. The van der Waals surface area contributed by atoms with Crippen LogP contribution in [0.4, 0.5) is 0 Å². The van der Waals surface area contributed by atoms with Crippen molar-refractivity contribution in [1.29, 1.82) is 0 Å². The van der Waals surface area contributed by atoms with E-state index >= 15 is 0 Å². The average molecular weight is 196 g/mol. The van der Waals surface area contributed by atoms with Crippen molar-refractivity contribution in [3.63, 3.8) is 0 Å². The quantitative estimate of drug-likeness (QED) is 0.698. The van der Waals surface area contributed by atoms with E-state index in [0.29, 0.717) is 11.8 Å². The van der Waals surface area contributed by atoms with Crippen molar-refractivity contribution < 1.29 is 9.84 Å². The molecule has 2 nitrogen and oxygen atoms in total. The number of aliphatic hydroxyl groups is 1. The first-order valence-electron chi connectivity index (χ1n) is 5.66. The van der Waals surface area contributed by atoms with Crippen LogP contribution in [0.25, 0.3) is 0 Å². The van der Waals surface area contributed by atoms with Crippen molar-refractivity contribution in [2.75, 3.05) is 6.61 Å². The second-order valence-corrected chi connectivity index (χ2v) is 4.98. The van der Waals surface area contributed by atoms with Crippen LogP contribution in [0.5, 0.6) is 0 Å². The summed E-state index contributed by atoms with van der Waals surface area (Å²) in [5.41, 5.74) is 0.547. The predicted octanol–water partition coefficient (Wildman–Crippen LogP) is 2.48. The van der Waals surface area contributed by atoms with Gasteiger partial charge in [0.1, 0.15) is 0 Å². The van der Waals surface area contributed by atoms with E-state index in [1.807, 2.05) is 0 Å². The minimum atomic E-state index is -0.575. The van der Waals surface area contributed by atoms with Crippen LogP contribution in [-0.4, -0.2) is 17.3 Å². The van der Waals surface area contributed by atoms with Crippen molar-refractivity contribution in [2.45, 2.75) is 45.1 Å². The van der Waals surface area contributed by atoms with E-state index in [-0.39, 0.29) is 0 Å². The molecule has 1 N–H and O–H groups in total. The van der Waals surface area contributed by atoms with Gasteiger partial charge in [0, 0.05) is 6.42 Å². The largest absolute Gasteiger partial charge is 0.501 e. The summed E-state index contributed by atoms with van der Waals surface area (Å²) in [4.78, 5) is 0. The number of rotatable bonds is 1. The molecule has 80 valence electrons. The van der Waals surface area contributed by atoms with Gasteiger partial charge in [-0.25, -0.2) is 0 Å². The molecule has 3 unspecified atom stereocenters. The number of ether oxygens (including phenoxy) is 1. The molecule has 14 heavy (non-hydrogen) atoms. The third-order valence-electron chi connectivity index (χ3n) is 3.84. The van der Waals surface area contributed by atoms with Gasteiger partial charge < -0.3 is 9.84 Å². The van der Waals surface area contributed by atoms with Crippen molar-refractivity contribution in [1.82, 2.24) is 0 Å². The standard InChI is InChI=1S/C12H20O2/c1-9-3-4-10(2)12(13,7-9)11-5-6-14-8-11/h8-10,13H,3-7H2,1-2H3. The van der Waals surface area contributed by atoms with Crippen LogP contribution in [0.2, 0.25) is 0 Å². The van der Waals surface area contributed by atoms with Crippen molar-refractivity contribution in [3.8, 4) is 0 Å². The molecule has 0 spiro atoms. The zero-order valence-corrected chi connectivity index (χ0v) is 9.12. The molecule has 0 aromatic heterocycles. The summed E-state index contributed by atoms with van der Waals surface area (Å²) in [5, 5.41) is 10.7. The van der Waals surface area contributed by atoms with Crippen LogP contribution in [0.15, 0.2) is 11.8 Å². The van der Waals surface area contributed by atoms with Gasteiger partial charge in [-0.1, -0.05) is 20.3 Å². The lowest BCUT2D eigenvalue weighted by Gasteiger charge is -2.41. The highest BCUT2D eigenvalue weighted by atomic mass is 16.5. The maximum absolute atomic E-state index is 10.7. The zero-order valence-electron chi connectivity index (χ0n) is 9.12. The highest BCUT2D eigenvalue weighted by Gasteiger charge is 2.42. The zero-order chi connectivity index (χ0) is 10.2. The first-order chi connectivity index (χ1) is 6.63. The first kappa shape index (κ1) is 10.0. The molecule has 1 saturated carbocycles. The van der Waals surface area contributed by atoms with E-state index in [1.165, 1.54) is 6.42 Å². The molecule has 0 bridgehead atoms. The van der Waals surface area contributed by atoms with Crippen molar-refractivity contribution in [3.05, 3.63) is 11.8 Å². The Morgan fingerprint density at radius 1 is 1.43 bits per heavy atom. The molecule has 2 rings (SSSR count). The molecule has 2 heteroatoms. The molecular formula is C12H20O2. The van der Waals surface area contributed by atoms with Crippen LogP contribution in [-0.2, 0) is 4.74 Å².